The van der Waals surface area contributed by atoms with Crippen LogP contribution in [0.15, 0.2) is 12.2 Å². The Balaban J connectivity index is 3.49. The molecule has 15 heavy (non-hydrogen) atoms. The molecule has 0 bridgehead atoms. The van der Waals surface area contributed by atoms with Gasteiger partial charge in [0.25, 0.3) is 0 Å². The van der Waals surface area contributed by atoms with Gasteiger partial charge in [-0.25, -0.2) is 0 Å². The minimum absolute atomic E-state index is 0.288. The highest BCUT2D eigenvalue weighted by Crippen LogP contribution is 2.09. The summed E-state index contributed by atoms with van der Waals surface area (Å²) < 4.78 is 36.0. The van der Waals surface area contributed by atoms with E-state index in [1.165, 1.54) is 31.8 Å². The fraction of sp³-hybridized carbons (Fsp3) is 0.857. The third-order valence-corrected chi connectivity index (χ3v) is 2.48. The quantitative estimate of drug-likeness (QED) is 0.400. The van der Waals surface area contributed by atoms with Crippen LogP contribution in [0.5, 0.6) is 0 Å². The van der Waals surface area contributed by atoms with Crippen LogP contribution >= 0.6 is 0 Å². The molecule has 0 fully saturated rings. The van der Waals surface area contributed by atoms with Crippen LogP contribution < -0.4 is 0 Å². The first-order valence-electron chi connectivity index (χ1n) is 8.60. The van der Waals surface area contributed by atoms with Gasteiger partial charge in [-0.1, -0.05) is 57.5 Å². The third kappa shape index (κ3) is 13.7. The summed E-state index contributed by atoms with van der Waals surface area (Å²) >= 11 is 0. The molecule has 0 aliphatic rings. The molecule has 0 aromatic heterocycles. The monoisotopic (exact) mass is 217 g/mol. The number of aliphatic hydroxyl groups is 1. The maximum atomic E-state index is 8.63. The fourth-order valence-electron chi connectivity index (χ4n) is 1.58. The second kappa shape index (κ2) is 13.7. The van der Waals surface area contributed by atoms with Gasteiger partial charge in [0.15, 0.2) is 0 Å². The van der Waals surface area contributed by atoms with E-state index in [0.29, 0.717) is 0 Å². The van der Waals surface area contributed by atoms with Crippen LogP contribution in [0.1, 0.15) is 77.9 Å². The Hall–Kier alpha value is -0.300. The number of rotatable bonds is 11. The Labute approximate surface area is 103 Å². The predicted molar refractivity (Wildman–Crippen MR) is 68.1 cm³/mol. The molecule has 0 spiro atoms. The minimum atomic E-state index is -2.59. The van der Waals surface area contributed by atoms with Crippen LogP contribution in [0.2, 0.25) is 0 Å². The van der Waals surface area contributed by atoms with E-state index in [0.717, 1.165) is 32.1 Å². The van der Waals surface area contributed by atoms with Gasteiger partial charge in [0.2, 0.25) is 0 Å². The van der Waals surface area contributed by atoms with Crippen molar-refractivity contribution in [3.05, 3.63) is 12.2 Å². The van der Waals surface area contributed by atoms with E-state index >= 15 is 0 Å². The lowest BCUT2D eigenvalue weighted by atomic mass is 10.1. The second-order valence-electron chi connectivity index (χ2n) is 3.89. The van der Waals surface area contributed by atoms with Gasteiger partial charge < -0.3 is 5.11 Å². The first kappa shape index (κ1) is 7.89. The van der Waals surface area contributed by atoms with Crippen molar-refractivity contribution in [3.8, 4) is 0 Å². The van der Waals surface area contributed by atoms with Crippen LogP contribution in [-0.2, 0) is 0 Å². The average Bonchev–Trinajstić information content (AvgIpc) is 2.34. The standard InChI is InChI=1S/C14H28O/c1-2-3-4-5-6-7-8-9-10-11-12-13-14-15/h3-4,15H,2,5-14H2,1H3/b4-3+/i1D3,2D2. The summed E-state index contributed by atoms with van der Waals surface area (Å²) in [6, 6.07) is 0. The molecule has 0 rings (SSSR count). The van der Waals surface area contributed by atoms with Crippen molar-refractivity contribution in [2.24, 2.45) is 0 Å². The van der Waals surface area contributed by atoms with Gasteiger partial charge in [-0.2, -0.15) is 0 Å². The average molecular weight is 217 g/mol. The van der Waals surface area contributed by atoms with E-state index in [-0.39, 0.29) is 6.61 Å². The van der Waals surface area contributed by atoms with Crippen molar-refractivity contribution in [1.29, 1.82) is 0 Å². The van der Waals surface area contributed by atoms with E-state index in [4.69, 9.17) is 12.0 Å². The van der Waals surface area contributed by atoms with Crippen molar-refractivity contribution in [2.45, 2.75) is 71.0 Å². The zero-order valence-corrected chi connectivity index (χ0v) is 9.67. The molecule has 0 heterocycles. The highest BCUT2D eigenvalue weighted by atomic mass is 16.2. The molecule has 0 aromatic rings. The fourth-order valence-corrected chi connectivity index (χ4v) is 1.58. The van der Waals surface area contributed by atoms with Crippen molar-refractivity contribution < 1.29 is 12.0 Å². The van der Waals surface area contributed by atoms with Crippen LogP contribution in [-0.4, -0.2) is 11.7 Å². The second-order valence-corrected chi connectivity index (χ2v) is 3.89. The molecule has 0 radical (unpaired) electrons. The predicted octanol–water partition coefficient (Wildman–Crippen LogP) is 4.46. The van der Waals surface area contributed by atoms with Gasteiger partial charge >= 0.3 is 0 Å². The largest absolute Gasteiger partial charge is 0.396 e. The van der Waals surface area contributed by atoms with Crippen molar-refractivity contribution in [2.75, 3.05) is 6.61 Å². The molecule has 0 saturated carbocycles. The zero-order chi connectivity index (χ0) is 15.5. The van der Waals surface area contributed by atoms with E-state index in [1.54, 1.807) is 6.08 Å². The summed E-state index contributed by atoms with van der Waals surface area (Å²) in [6.07, 6.45) is 10.2. The van der Waals surface area contributed by atoms with E-state index in [2.05, 4.69) is 0 Å². The maximum absolute atomic E-state index is 8.63. The Morgan fingerprint density at radius 3 is 2.13 bits per heavy atom. The Bertz CT molecular complexity index is 261. The summed E-state index contributed by atoms with van der Waals surface area (Å²) in [4.78, 5) is 0. The van der Waals surface area contributed by atoms with Crippen molar-refractivity contribution in [1.82, 2.24) is 0 Å². The zero-order valence-electron chi connectivity index (χ0n) is 14.7. The molecule has 1 heteroatoms. The van der Waals surface area contributed by atoms with Gasteiger partial charge in [0.05, 0.1) is 0 Å². The Morgan fingerprint density at radius 1 is 0.933 bits per heavy atom. The molecule has 1 nitrogen and oxygen atoms in total. The molecule has 0 atom stereocenters. The molecule has 0 aromatic carbocycles. The van der Waals surface area contributed by atoms with E-state index < -0.39 is 13.2 Å². The van der Waals surface area contributed by atoms with E-state index in [1.807, 2.05) is 0 Å². The highest BCUT2D eigenvalue weighted by molar-refractivity contribution is 4.79. The number of hydrogen-bond acceptors (Lipinski definition) is 1. The molecule has 0 unspecified atom stereocenters. The minimum Gasteiger partial charge on any atom is -0.396 e. The van der Waals surface area contributed by atoms with Crippen molar-refractivity contribution in [3.63, 3.8) is 0 Å². The topological polar surface area (TPSA) is 20.2 Å². The normalized spacial score (nSPS) is 18.1. The lowest BCUT2D eigenvalue weighted by Gasteiger charge is -2.00. The molecule has 90 valence electrons. The smallest absolute Gasteiger partial charge is 0.0431 e. The number of unbranched alkanes of at least 4 members (excludes halogenated alkanes) is 8. The summed E-state index contributed by atoms with van der Waals surface area (Å²) in [7, 11) is 0. The SMILES string of the molecule is [2H]C([2H])([2H])C([2H])([2H])/C=C/CCCCCCCCCCO. The molecule has 1 N–H and O–H groups in total. The van der Waals surface area contributed by atoms with Gasteiger partial charge in [0.1, 0.15) is 0 Å². The van der Waals surface area contributed by atoms with Gasteiger partial charge in [-0.15, -0.1) is 0 Å². The van der Waals surface area contributed by atoms with Crippen LogP contribution in [0.4, 0.5) is 0 Å². The summed E-state index contributed by atoms with van der Waals surface area (Å²) in [5.41, 5.74) is 0. The summed E-state index contributed by atoms with van der Waals surface area (Å²) in [6.45, 7) is -2.30. The maximum Gasteiger partial charge on any atom is 0.0431 e. The van der Waals surface area contributed by atoms with Gasteiger partial charge in [-0.3, -0.25) is 0 Å². The number of hydrogen-bond donors (Lipinski definition) is 1. The first-order chi connectivity index (χ1) is 9.31. The Kier molecular flexibility index (Phi) is 7.21. The molecular weight excluding hydrogens is 184 g/mol. The van der Waals surface area contributed by atoms with Gasteiger partial charge in [-0.05, 0) is 25.6 Å². The molecule has 0 amide bonds. The molecule has 0 saturated heterocycles. The lowest BCUT2D eigenvalue weighted by molar-refractivity contribution is 0.282. The first-order valence-corrected chi connectivity index (χ1v) is 6.10. The highest BCUT2D eigenvalue weighted by Gasteiger charge is 1.91. The van der Waals surface area contributed by atoms with E-state index in [9.17, 15) is 0 Å². The Morgan fingerprint density at radius 2 is 1.53 bits per heavy atom. The van der Waals surface area contributed by atoms with Crippen LogP contribution in [0.25, 0.3) is 0 Å². The number of allylic oxidation sites excluding steroid dienone is 2. The van der Waals surface area contributed by atoms with Crippen molar-refractivity contribution >= 4 is 0 Å². The molecular formula is C14H28O. The summed E-state index contributed by atoms with van der Waals surface area (Å²) in [5.74, 6) is 0. The van der Waals surface area contributed by atoms with Crippen LogP contribution in [0.3, 0.4) is 0 Å². The number of aliphatic hydroxyl groups excluding tert-OH is 1. The summed E-state index contributed by atoms with van der Waals surface area (Å²) in [5, 5.41) is 8.63. The van der Waals surface area contributed by atoms with Gasteiger partial charge in [0, 0.05) is 13.5 Å². The third-order valence-electron chi connectivity index (χ3n) is 2.48. The molecule has 0 aliphatic heterocycles. The molecule has 0 aliphatic carbocycles. The lowest BCUT2D eigenvalue weighted by Crippen LogP contribution is -1.84. The van der Waals surface area contributed by atoms with Crippen LogP contribution in [0, 0.1) is 0 Å².